The molecule has 1 aliphatic rings. The van der Waals surface area contributed by atoms with Gasteiger partial charge >= 0.3 is 23.5 Å². The fourth-order valence-corrected chi connectivity index (χ4v) is 5.03. The van der Waals surface area contributed by atoms with E-state index >= 15 is 0 Å². The highest BCUT2D eigenvalue weighted by atomic mass is 32.1. The van der Waals surface area contributed by atoms with Crippen LogP contribution < -0.4 is 0 Å². The number of hydrogen-bond donors (Lipinski definition) is 5. The van der Waals surface area contributed by atoms with Crippen LogP contribution in [-0.4, -0.2) is 50.4 Å². The summed E-state index contributed by atoms with van der Waals surface area (Å²) >= 11 is 3.88. The standard InChI is InChI=1S/C7H17O12P3S/c1-5-2-6(15-4-23)7(17-5)3-16-21(11,12)19-22(13,14)18-20(8,9)10/h5-7,23H,2-4H2,1H3,(H,11,12)(H,13,14)(H2,8,9,10)/t5-,6?,7+/m0/s1. The quantitative estimate of drug-likeness (QED) is 0.202. The molecule has 1 fully saturated rings. The van der Waals surface area contributed by atoms with E-state index < -0.39 is 42.3 Å². The van der Waals surface area contributed by atoms with Crippen molar-refractivity contribution in [2.24, 2.45) is 0 Å². The maximum Gasteiger partial charge on any atom is 0.490 e. The Labute approximate surface area is 136 Å². The van der Waals surface area contributed by atoms with E-state index in [0.717, 1.165) is 0 Å². The predicted molar refractivity (Wildman–Crippen MR) is 77.5 cm³/mol. The summed E-state index contributed by atoms with van der Waals surface area (Å²) in [6.45, 7) is 1.20. The van der Waals surface area contributed by atoms with E-state index in [-0.39, 0.29) is 12.0 Å². The van der Waals surface area contributed by atoms with E-state index in [1.807, 2.05) is 0 Å². The Bertz CT molecular complexity index is 535. The summed E-state index contributed by atoms with van der Waals surface area (Å²) < 4.78 is 55.4. The lowest BCUT2D eigenvalue weighted by molar-refractivity contribution is -0.0325. The Morgan fingerprint density at radius 2 is 1.74 bits per heavy atom. The SMILES string of the molecule is C[C@H]1CC(OCS)[C@@H](COP(=O)(O)OP(=O)(O)OP(=O)(O)O)O1. The molecule has 0 radical (unpaired) electrons. The molecular formula is C7H17O12P3S. The molecule has 0 aliphatic carbocycles. The molecule has 1 rings (SSSR count). The van der Waals surface area contributed by atoms with Crippen molar-refractivity contribution in [3.05, 3.63) is 0 Å². The van der Waals surface area contributed by atoms with Crippen molar-refractivity contribution in [3.63, 3.8) is 0 Å². The number of ether oxygens (including phenoxy) is 2. The molecule has 0 saturated carbocycles. The topological polar surface area (TPSA) is 178 Å². The first-order valence-electron chi connectivity index (χ1n) is 6.00. The summed E-state index contributed by atoms with van der Waals surface area (Å²) in [6, 6.07) is 0. The number of phosphoric acid groups is 3. The number of hydrogen-bond acceptors (Lipinski definition) is 9. The summed E-state index contributed by atoms with van der Waals surface area (Å²) in [7, 11) is -16.1. The minimum atomic E-state index is -5.52. The molecular weight excluding hydrogens is 401 g/mol. The van der Waals surface area contributed by atoms with E-state index in [2.05, 4.69) is 25.8 Å². The van der Waals surface area contributed by atoms with Crippen LogP contribution in [0.4, 0.5) is 0 Å². The summed E-state index contributed by atoms with van der Waals surface area (Å²) in [4.78, 5) is 35.1. The maximum absolute atomic E-state index is 11.6. The fourth-order valence-electron chi connectivity index (χ4n) is 1.81. The van der Waals surface area contributed by atoms with E-state index in [1.165, 1.54) is 0 Å². The van der Waals surface area contributed by atoms with Crippen LogP contribution in [0, 0.1) is 0 Å². The average molecular weight is 418 g/mol. The van der Waals surface area contributed by atoms with Gasteiger partial charge in [-0.2, -0.15) is 21.3 Å². The summed E-state index contributed by atoms with van der Waals surface area (Å²) in [6.07, 6.45) is -0.975. The molecule has 23 heavy (non-hydrogen) atoms. The predicted octanol–water partition coefficient (Wildman–Crippen LogP) is 0.780. The molecule has 0 aromatic heterocycles. The van der Waals surface area contributed by atoms with Gasteiger partial charge in [0.15, 0.2) is 0 Å². The molecule has 4 N–H and O–H groups in total. The molecule has 0 bridgehead atoms. The first kappa shape index (κ1) is 21.7. The molecule has 1 saturated heterocycles. The van der Waals surface area contributed by atoms with Gasteiger partial charge in [-0.3, -0.25) is 4.52 Å². The Morgan fingerprint density at radius 1 is 1.13 bits per heavy atom. The first-order chi connectivity index (χ1) is 10.3. The molecule has 0 spiro atoms. The molecule has 12 nitrogen and oxygen atoms in total. The van der Waals surface area contributed by atoms with Crippen molar-refractivity contribution >= 4 is 36.1 Å². The first-order valence-corrected chi connectivity index (χ1v) is 11.2. The second-order valence-corrected chi connectivity index (χ2v) is 9.12. The molecule has 5 atom stereocenters. The summed E-state index contributed by atoms with van der Waals surface area (Å²) in [5, 5.41) is 0. The van der Waals surface area contributed by atoms with E-state index in [1.54, 1.807) is 6.92 Å². The van der Waals surface area contributed by atoms with E-state index in [9.17, 15) is 18.6 Å². The Hall–Kier alpha value is 0.680. The maximum atomic E-state index is 11.6. The average Bonchev–Trinajstić information content (AvgIpc) is 2.63. The van der Waals surface area contributed by atoms with Crippen LogP contribution in [0.3, 0.4) is 0 Å². The molecule has 0 aromatic carbocycles. The third-order valence-corrected chi connectivity index (χ3v) is 6.44. The van der Waals surface area contributed by atoms with Crippen molar-refractivity contribution in [2.75, 3.05) is 12.5 Å². The highest BCUT2D eigenvalue weighted by Gasteiger charge is 2.42. The largest absolute Gasteiger partial charge is 0.490 e. The van der Waals surface area contributed by atoms with Gasteiger partial charge in [0.1, 0.15) is 6.10 Å². The van der Waals surface area contributed by atoms with Gasteiger partial charge in [0.05, 0.1) is 24.8 Å². The molecule has 0 aromatic rings. The summed E-state index contributed by atoms with van der Waals surface area (Å²) in [5.74, 6) is 0.0759. The van der Waals surface area contributed by atoms with Gasteiger partial charge in [0.2, 0.25) is 0 Å². The zero-order valence-electron chi connectivity index (χ0n) is 11.7. The Kier molecular flexibility index (Phi) is 7.91. The summed E-state index contributed by atoms with van der Waals surface area (Å²) in [5.41, 5.74) is 0. The van der Waals surface area contributed by atoms with Gasteiger partial charge in [-0.1, -0.05) is 0 Å². The van der Waals surface area contributed by atoms with Gasteiger partial charge in [0.25, 0.3) is 0 Å². The number of rotatable bonds is 9. The van der Waals surface area contributed by atoms with Crippen molar-refractivity contribution < 1.29 is 55.9 Å². The smallest absolute Gasteiger partial charge is 0.370 e. The van der Waals surface area contributed by atoms with Crippen LogP contribution in [0.25, 0.3) is 0 Å². The molecule has 1 heterocycles. The second kappa shape index (κ2) is 8.37. The minimum Gasteiger partial charge on any atom is -0.370 e. The number of thiol groups is 1. The lowest BCUT2D eigenvalue weighted by Gasteiger charge is -2.20. The third-order valence-electron chi connectivity index (χ3n) is 2.49. The molecule has 138 valence electrons. The van der Waals surface area contributed by atoms with Crippen molar-refractivity contribution in [2.45, 2.75) is 31.7 Å². The second-order valence-electron chi connectivity index (χ2n) is 4.44. The van der Waals surface area contributed by atoms with Crippen LogP contribution in [0.2, 0.25) is 0 Å². The lowest BCUT2D eigenvalue weighted by atomic mass is 10.1. The van der Waals surface area contributed by atoms with Gasteiger partial charge in [-0.25, -0.2) is 13.7 Å². The molecule has 1 aliphatic heterocycles. The van der Waals surface area contributed by atoms with Crippen molar-refractivity contribution in [3.8, 4) is 0 Å². The monoisotopic (exact) mass is 418 g/mol. The fraction of sp³-hybridized carbons (Fsp3) is 1.00. The molecule has 0 amide bonds. The van der Waals surface area contributed by atoms with Crippen molar-refractivity contribution in [1.82, 2.24) is 0 Å². The Balaban J connectivity index is 2.60. The van der Waals surface area contributed by atoms with Crippen LogP contribution in [0.5, 0.6) is 0 Å². The third kappa shape index (κ3) is 8.55. The van der Waals surface area contributed by atoms with Crippen LogP contribution >= 0.6 is 36.1 Å². The molecule has 16 heteroatoms. The van der Waals surface area contributed by atoms with Gasteiger partial charge < -0.3 is 29.0 Å². The highest BCUT2D eigenvalue weighted by molar-refractivity contribution is 7.80. The highest BCUT2D eigenvalue weighted by Crippen LogP contribution is 2.66. The van der Waals surface area contributed by atoms with E-state index in [0.29, 0.717) is 6.42 Å². The zero-order valence-corrected chi connectivity index (χ0v) is 15.3. The van der Waals surface area contributed by atoms with Crippen LogP contribution in [0.15, 0.2) is 0 Å². The normalized spacial score (nSPS) is 30.8. The van der Waals surface area contributed by atoms with Gasteiger partial charge in [-0.15, -0.1) is 0 Å². The minimum absolute atomic E-state index is 0.0759. The van der Waals surface area contributed by atoms with E-state index in [4.69, 9.17) is 24.2 Å². The van der Waals surface area contributed by atoms with Gasteiger partial charge in [-0.05, 0) is 6.92 Å². The van der Waals surface area contributed by atoms with Crippen LogP contribution in [0.1, 0.15) is 13.3 Å². The van der Waals surface area contributed by atoms with Crippen LogP contribution in [-0.2, 0) is 36.3 Å². The Morgan fingerprint density at radius 3 is 2.26 bits per heavy atom. The molecule has 3 unspecified atom stereocenters. The van der Waals surface area contributed by atoms with Gasteiger partial charge in [0, 0.05) is 6.42 Å². The van der Waals surface area contributed by atoms with Crippen molar-refractivity contribution in [1.29, 1.82) is 0 Å². The number of phosphoric ester groups is 1. The zero-order chi connectivity index (χ0) is 17.9. The lowest BCUT2D eigenvalue weighted by Crippen LogP contribution is -2.28.